The van der Waals surface area contributed by atoms with Crippen LogP contribution in [0.15, 0.2) is 24.3 Å². The van der Waals surface area contributed by atoms with Crippen LogP contribution < -0.4 is 15.8 Å². The van der Waals surface area contributed by atoms with Crippen molar-refractivity contribution in [2.24, 2.45) is 5.73 Å². The van der Waals surface area contributed by atoms with E-state index >= 15 is 0 Å². The fraction of sp³-hybridized carbons (Fsp3) is 0.417. The number of ether oxygens (including phenoxy) is 1. The zero-order valence-corrected chi connectivity index (χ0v) is 11.2. The van der Waals surface area contributed by atoms with Gasteiger partial charge in [-0.3, -0.25) is 9.00 Å². The van der Waals surface area contributed by atoms with Crippen LogP contribution in [0.4, 0.5) is 5.69 Å². The molecule has 0 spiro atoms. The minimum Gasteiger partial charge on any atom is -0.497 e. The molecule has 18 heavy (non-hydrogen) atoms. The third-order valence-electron chi connectivity index (χ3n) is 2.24. The Labute approximate surface area is 109 Å². The first kappa shape index (κ1) is 14.7. The molecule has 0 fully saturated rings. The average molecular weight is 270 g/mol. The Morgan fingerprint density at radius 3 is 2.61 bits per heavy atom. The third kappa shape index (κ3) is 5.29. The first-order valence-corrected chi connectivity index (χ1v) is 7.13. The lowest BCUT2D eigenvalue weighted by atomic mass is 10.3. The first-order chi connectivity index (χ1) is 8.65. The summed E-state index contributed by atoms with van der Waals surface area (Å²) in [7, 11) is 0.431. The van der Waals surface area contributed by atoms with E-state index in [9.17, 15) is 9.00 Å². The third-order valence-corrected chi connectivity index (χ3v) is 3.57. The molecule has 0 aliphatic carbocycles. The van der Waals surface area contributed by atoms with E-state index in [0.717, 1.165) is 5.75 Å². The molecule has 6 heteroatoms. The van der Waals surface area contributed by atoms with E-state index in [2.05, 4.69) is 5.32 Å². The highest BCUT2D eigenvalue weighted by Gasteiger charge is 2.07. The maximum atomic E-state index is 11.6. The van der Waals surface area contributed by atoms with Crippen LogP contribution in [0, 0.1) is 0 Å². The van der Waals surface area contributed by atoms with E-state index in [0.29, 0.717) is 24.4 Å². The van der Waals surface area contributed by atoms with Gasteiger partial charge in [0.2, 0.25) is 5.91 Å². The predicted molar refractivity (Wildman–Crippen MR) is 73.2 cm³/mol. The van der Waals surface area contributed by atoms with Crippen LogP contribution >= 0.6 is 0 Å². The Bertz CT molecular complexity index is 406. The summed E-state index contributed by atoms with van der Waals surface area (Å²) in [5.74, 6) is 0.938. The molecule has 0 aromatic heterocycles. The van der Waals surface area contributed by atoms with Crippen molar-refractivity contribution in [3.8, 4) is 5.75 Å². The predicted octanol–water partition coefficient (Wildman–Crippen LogP) is 0.731. The van der Waals surface area contributed by atoms with Crippen LogP contribution in [0.2, 0.25) is 0 Å². The number of hydrogen-bond acceptors (Lipinski definition) is 4. The summed E-state index contributed by atoms with van der Waals surface area (Å²) in [5, 5.41) is 2.68. The summed E-state index contributed by atoms with van der Waals surface area (Å²) in [6, 6.07) is 6.97. The lowest BCUT2D eigenvalue weighted by Crippen LogP contribution is -2.21. The summed E-state index contributed by atoms with van der Waals surface area (Å²) in [4.78, 5) is 11.6. The van der Waals surface area contributed by atoms with Crippen molar-refractivity contribution in [2.45, 2.75) is 6.42 Å². The molecule has 1 amide bonds. The van der Waals surface area contributed by atoms with E-state index < -0.39 is 10.8 Å². The largest absolute Gasteiger partial charge is 0.497 e. The van der Waals surface area contributed by atoms with Gasteiger partial charge in [0.15, 0.2) is 0 Å². The number of carbonyl (C=O) groups is 1. The monoisotopic (exact) mass is 270 g/mol. The normalized spacial score (nSPS) is 11.9. The number of benzene rings is 1. The maximum absolute atomic E-state index is 11.6. The van der Waals surface area contributed by atoms with Crippen molar-refractivity contribution in [1.82, 2.24) is 0 Å². The van der Waals surface area contributed by atoms with E-state index in [1.54, 1.807) is 31.4 Å². The highest BCUT2D eigenvalue weighted by molar-refractivity contribution is 7.85. The molecule has 0 saturated carbocycles. The van der Waals surface area contributed by atoms with Gasteiger partial charge >= 0.3 is 0 Å². The Kier molecular flexibility index (Phi) is 6.38. The Balaban J connectivity index is 2.41. The van der Waals surface area contributed by atoms with Crippen LogP contribution in [-0.4, -0.2) is 35.3 Å². The summed E-state index contributed by atoms with van der Waals surface area (Å²) < 4.78 is 16.5. The highest BCUT2D eigenvalue weighted by Crippen LogP contribution is 2.14. The number of anilines is 1. The molecule has 1 aromatic rings. The molecule has 0 aliphatic rings. The maximum Gasteiger partial charge on any atom is 0.236 e. The molecule has 100 valence electrons. The molecule has 0 saturated heterocycles. The minimum atomic E-state index is -1.15. The highest BCUT2D eigenvalue weighted by atomic mass is 32.2. The van der Waals surface area contributed by atoms with Gasteiger partial charge in [0.05, 0.1) is 7.11 Å². The Morgan fingerprint density at radius 1 is 1.39 bits per heavy atom. The molecule has 1 atom stereocenters. The molecule has 3 N–H and O–H groups in total. The van der Waals surface area contributed by atoms with Crippen LogP contribution in [0.5, 0.6) is 5.75 Å². The van der Waals surface area contributed by atoms with Crippen molar-refractivity contribution in [2.75, 3.05) is 30.5 Å². The van der Waals surface area contributed by atoms with E-state index in [-0.39, 0.29) is 11.7 Å². The lowest BCUT2D eigenvalue weighted by Gasteiger charge is -2.06. The second-order valence-corrected chi connectivity index (χ2v) is 5.28. The van der Waals surface area contributed by atoms with Gasteiger partial charge in [-0.2, -0.15) is 0 Å². The molecule has 1 unspecified atom stereocenters. The average Bonchev–Trinajstić information content (AvgIpc) is 2.37. The van der Waals surface area contributed by atoms with E-state index in [1.807, 2.05) is 0 Å². The van der Waals surface area contributed by atoms with Gasteiger partial charge < -0.3 is 15.8 Å². The molecule has 0 heterocycles. The summed E-state index contributed by atoms with van der Waals surface area (Å²) >= 11 is 0. The van der Waals surface area contributed by atoms with Crippen LogP contribution in [0.25, 0.3) is 0 Å². The van der Waals surface area contributed by atoms with Gasteiger partial charge in [-0.05, 0) is 37.2 Å². The second kappa shape index (κ2) is 7.84. The zero-order valence-electron chi connectivity index (χ0n) is 10.3. The zero-order chi connectivity index (χ0) is 13.4. The van der Waals surface area contributed by atoms with Gasteiger partial charge in [-0.15, -0.1) is 0 Å². The molecule has 0 bridgehead atoms. The van der Waals surface area contributed by atoms with Crippen molar-refractivity contribution in [3.05, 3.63) is 24.3 Å². The molecular weight excluding hydrogens is 252 g/mol. The quantitative estimate of drug-likeness (QED) is 0.765. The number of nitrogens with one attached hydrogen (secondary N) is 1. The van der Waals surface area contributed by atoms with Gasteiger partial charge in [-0.1, -0.05) is 0 Å². The van der Waals surface area contributed by atoms with Crippen LogP contribution in [-0.2, 0) is 15.6 Å². The van der Waals surface area contributed by atoms with E-state index in [1.165, 1.54) is 0 Å². The molecular formula is C12H18N2O3S. The molecule has 0 radical (unpaired) electrons. The van der Waals surface area contributed by atoms with Crippen LogP contribution in [0.3, 0.4) is 0 Å². The fourth-order valence-electron chi connectivity index (χ4n) is 1.33. The topological polar surface area (TPSA) is 81.4 Å². The first-order valence-electron chi connectivity index (χ1n) is 5.64. The standard InChI is InChI=1S/C12H18N2O3S/c1-17-11-5-3-10(4-6-11)14-12(15)9-18(16)8-2-7-13/h3-6H,2,7-9,13H2,1H3,(H,14,15). The van der Waals surface area contributed by atoms with Crippen molar-refractivity contribution < 1.29 is 13.7 Å². The smallest absolute Gasteiger partial charge is 0.236 e. The fourth-order valence-corrected chi connectivity index (χ4v) is 2.33. The van der Waals surface area contributed by atoms with Crippen LogP contribution in [0.1, 0.15) is 6.42 Å². The number of methoxy groups -OCH3 is 1. The van der Waals surface area contributed by atoms with Crippen molar-refractivity contribution in [1.29, 1.82) is 0 Å². The minimum absolute atomic E-state index is 0.00598. The van der Waals surface area contributed by atoms with Gasteiger partial charge in [-0.25, -0.2) is 0 Å². The van der Waals surface area contributed by atoms with Gasteiger partial charge in [0, 0.05) is 22.2 Å². The van der Waals surface area contributed by atoms with Crippen molar-refractivity contribution >= 4 is 22.4 Å². The number of nitrogens with two attached hydrogens (primary N) is 1. The molecule has 5 nitrogen and oxygen atoms in total. The van der Waals surface area contributed by atoms with Gasteiger partial charge in [0.1, 0.15) is 11.5 Å². The number of hydrogen-bond donors (Lipinski definition) is 2. The summed E-state index contributed by atoms with van der Waals surface area (Å²) in [6.45, 7) is 0.492. The number of carbonyl (C=O) groups excluding carboxylic acids is 1. The Hall–Kier alpha value is -1.40. The number of rotatable bonds is 7. The van der Waals surface area contributed by atoms with E-state index in [4.69, 9.17) is 10.5 Å². The van der Waals surface area contributed by atoms with Gasteiger partial charge in [0.25, 0.3) is 0 Å². The van der Waals surface area contributed by atoms with Crippen molar-refractivity contribution in [3.63, 3.8) is 0 Å². The summed E-state index contributed by atoms with van der Waals surface area (Å²) in [5.41, 5.74) is 5.98. The Morgan fingerprint density at radius 2 is 2.06 bits per heavy atom. The molecule has 1 aromatic carbocycles. The SMILES string of the molecule is COc1ccc(NC(=O)CS(=O)CCCN)cc1. The lowest BCUT2D eigenvalue weighted by molar-refractivity contribution is -0.113. The second-order valence-electron chi connectivity index (χ2n) is 3.71. The number of amides is 1. The molecule has 0 aliphatic heterocycles. The summed E-state index contributed by atoms with van der Waals surface area (Å²) in [6.07, 6.45) is 0.669. The molecule has 1 rings (SSSR count).